The molecule has 0 radical (unpaired) electrons. The summed E-state index contributed by atoms with van der Waals surface area (Å²) in [6.45, 7) is 5.01. The largest absolute Gasteiger partial charge is 0.354 e. The Hall–Kier alpha value is -1.90. The number of benzene rings is 1. The van der Waals surface area contributed by atoms with E-state index >= 15 is 0 Å². The summed E-state index contributed by atoms with van der Waals surface area (Å²) in [5, 5.41) is 0.549. The van der Waals surface area contributed by atoms with Crippen molar-refractivity contribution in [2.24, 2.45) is 9.98 Å². The van der Waals surface area contributed by atoms with Gasteiger partial charge in [-0.15, -0.1) is 0 Å². The van der Waals surface area contributed by atoms with Gasteiger partial charge in [-0.2, -0.15) is 4.31 Å². The van der Waals surface area contributed by atoms with Gasteiger partial charge in [0.2, 0.25) is 10.0 Å². The smallest absolute Gasteiger partial charge is 0.218 e. The van der Waals surface area contributed by atoms with Crippen LogP contribution in [0.15, 0.2) is 46.1 Å². The van der Waals surface area contributed by atoms with E-state index in [9.17, 15) is 8.42 Å². The SMILES string of the molecule is C[C@@H]1CN=C2C=C(N3CCN(S(=O)(=O)Cc4cccc(Cl)c4)CC3)N=CN21. The Bertz CT molecular complexity index is 919. The third-order valence-corrected chi connectivity index (χ3v) is 7.11. The van der Waals surface area contributed by atoms with Crippen LogP contribution >= 0.6 is 11.6 Å². The fourth-order valence-electron chi connectivity index (χ4n) is 3.49. The highest BCUT2D eigenvalue weighted by Crippen LogP contribution is 2.21. The molecule has 1 saturated heterocycles. The summed E-state index contributed by atoms with van der Waals surface area (Å²) >= 11 is 5.96. The first-order chi connectivity index (χ1) is 12.9. The molecule has 0 N–H and O–H groups in total. The van der Waals surface area contributed by atoms with Gasteiger partial charge in [0.15, 0.2) is 0 Å². The number of halogens is 1. The first kappa shape index (κ1) is 18.5. The molecule has 3 heterocycles. The molecule has 0 aliphatic carbocycles. The zero-order valence-electron chi connectivity index (χ0n) is 15.1. The van der Waals surface area contributed by atoms with Gasteiger partial charge in [0, 0.05) is 37.3 Å². The minimum atomic E-state index is -3.37. The Labute approximate surface area is 164 Å². The molecule has 7 nitrogen and oxygen atoms in total. The topological polar surface area (TPSA) is 68.6 Å². The summed E-state index contributed by atoms with van der Waals surface area (Å²) in [5.41, 5.74) is 0.706. The molecule has 1 atom stereocenters. The van der Waals surface area contributed by atoms with Crippen LogP contribution in [-0.4, -0.2) is 73.5 Å². The van der Waals surface area contributed by atoms with Crippen LogP contribution in [0, 0.1) is 0 Å². The van der Waals surface area contributed by atoms with Crippen molar-refractivity contribution < 1.29 is 8.42 Å². The summed E-state index contributed by atoms with van der Waals surface area (Å²) in [6, 6.07) is 7.34. The number of nitrogens with zero attached hydrogens (tertiary/aromatic N) is 5. The molecule has 0 unspecified atom stereocenters. The fraction of sp³-hybridized carbons (Fsp3) is 0.444. The van der Waals surface area contributed by atoms with Crippen LogP contribution < -0.4 is 0 Å². The molecule has 1 fully saturated rings. The molecule has 0 bridgehead atoms. The Morgan fingerprint density at radius 2 is 2.00 bits per heavy atom. The average molecular weight is 408 g/mol. The zero-order chi connectivity index (χ0) is 19.0. The first-order valence-corrected chi connectivity index (χ1v) is 11.0. The Morgan fingerprint density at radius 1 is 1.22 bits per heavy atom. The van der Waals surface area contributed by atoms with Gasteiger partial charge in [-0.3, -0.25) is 4.99 Å². The number of hydrogen-bond acceptors (Lipinski definition) is 6. The van der Waals surface area contributed by atoms with Crippen molar-refractivity contribution in [2.45, 2.75) is 18.7 Å². The summed E-state index contributed by atoms with van der Waals surface area (Å²) in [7, 11) is -3.37. The van der Waals surface area contributed by atoms with Gasteiger partial charge in [0.1, 0.15) is 11.7 Å². The van der Waals surface area contributed by atoms with Crippen molar-refractivity contribution in [1.82, 2.24) is 14.1 Å². The summed E-state index contributed by atoms with van der Waals surface area (Å²) < 4.78 is 27.0. The standard InChI is InChI=1S/C18H22ClN5O2S/c1-14-11-20-18-10-17(21-13-24(14)18)22-5-7-23(8-6-22)27(25,26)12-15-3-2-4-16(19)9-15/h2-4,9-10,13-14H,5-8,11-12H2,1H3/t14-/m1/s1. The van der Waals surface area contributed by atoms with Gasteiger partial charge in [-0.05, 0) is 24.6 Å². The maximum absolute atomic E-state index is 12.7. The Kier molecular flexibility index (Phi) is 4.96. The van der Waals surface area contributed by atoms with Crippen LogP contribution in [0.5, 0.6) is 0 Å². The second-order valence-corrected chi connectivity index (χ2v) is 9.38. The number of hydrogen-bond donors (Lipinski definition) is 0. The van der Waals surface area contributed by atoms with Gasteiger partial charge < -0.3 is 9.80 Å². The van der Waals surface area contributed by atoms with E-state index in [1.165, 1.54) is 0 Å². The highest BCUT2D eigenvalue weighted by atomic mass is 35.5. The van der Waals surface area contributed by atoms with E-state index in [-0.39, 0.29) is 5.75 Å². The number of fused-ring (bicyclic) bond motifs is 1. The average Bonchev–Trinajstić information content (AvgIpc) is 3.02. The first-order valence-electron chi connectivity index (χ1n) is 8.98. The maximum atomic E-state index is 12.7. The molecule has 1 aromatic rings. The minimum absolute atomic E-state index is 0.0297. The number of rotatable bonds is 4. The molecule has 0 aromatic heterocycles. The van der Waals surface area contributed by atoms with Crippen LogP contribution in [0.1, 0.15) is 12.5 Å². The molecule has 27 heavy (non-hydrogen) atoms. The Balaban J connectivity index is 1.39. The molecular formula is C18H22ClN5O2S. The van der Waals surface area contributed by atoms with E-state index in [1.54, 1.807) is 28.6 Å². The second-order valence-electron chi connectivity index (χ2n) is 6.97. The quantitative estimate of drug-likeness (QED) is 0.762. The van der Waals surface area contributed by atoms with Gasteiger partial charge in [0.25, 0.3) is 0 Å². The van der Waals surface area contributed by atoms with Crippen molar-refractivity contribution in [3.8, 4) is 0 Å². The van der Waals surface area contributed by atoms with Crippen molar-refractivity contribution in [3.05, 3.63) is 46.7 Å². The lowest BCUT2D eigenvalue weighted by molar-refractivity contribution is 0.226. The van der Waals surface area contributed by atoms with Gasteiger partial charge in [-0.1, -0.05) is 23.7 Å². The van der Waals surface area contributed by atoms with Gasteiger partial charge in [0.05, 0.1) is 24.7 Å². The van der Waals surface area contributed by atoms with Crippen LogP contribution in [-0.2, 0) is 15.8 Å². The van der Waals surface area contributed by atoms with E-state index in [2.05, 4.69) is 26.7 Å². The predicted octanol–water partition coefficient (Wildman–Crippen LogP) is 1.77. The number of sulfonamides is 1. The summed E-state index contributed by atoms with van der Waals surface area (Å²) in [6.07, 6.45) is 3.81. The molecule has 4 rings (SSSR count). The van der Waals surface area contributed by atoms with Crippen molar-refractivity contribution in [1.29, 1.82) is 0 Å². The lowest BCUT2D eigenvalue weighted by atomic mass is 10.2. The zero-order valence-corrected chi connectivity index (χ0v) is 16.7. The van der Waals surface area contributed by atoms with Gasteiger partial charge in [-0.25, -0.2) is 13.4 Å². The second kappa shape index (κ2) is 7.26. The number of amidine groups is 1. The van der Waals surface area contributed by atoms with Crippen LogP contribution in [0.25, 0.3) is 0 Å². The molecule has 0 amide bonds. The van der Waals surface area contributed by atoms with E-state index in [0.717, 1.165) is 18.2 Å². The highest BCUT2D eigenvalue weighted by Gasteiger charge is 2.30. The Morgan fingerprint density at radius 3 is 2.74 bits per heavy atom. The van der Waals surface area contributed by atoms with Crippen molar-refractivity contribution >= 4 is 33.8 Å². The maximum Gasteiger partial charge on any atom is 0.218 e. The van der Waals surface area contributed by atoms with E-state index in [4.69, 9.17) is 11.6 Å². The molecule has 3 aliphatic heterocycles. The third-order valence-electron chi connectivity index (χ3n) is 5.02. The van der Waals surface area contributed by atoms with Crippen molar-refractivity contribution in [2.75, 3.05) is 32.7 Å². The summed E-state index contributed by atoms with van der Waals surface area (Å²) in [5.74, 6) is 1.76. The molecule has 0 saturated carbocycles. The normalized spacial score (nSPS) is 23.3. The molecule has 9 heteroatoms. The van der Waals surface area contributed by atoms with Crippen LogP contribution in [0.4, 0.5) is 0 Å². The van der Waals surface area contributed by atoms with Gasteiger partial charge >= 0.3 is 0 Å². The minimum Gasteiger partial charge on any atom is -0.354 e. The lowest BCUT2D eigenvalue weighted by Gasteiger charge is -2.36. The molecule has 0 spiro atoms. The third kappa shape index (κ3) is 3.88. The lowest BCUT2D eigenvalue weighted by Crippen LogP contribution is -2.49. The molecule has 1 aromatic carbocycles. The van der Waals surface area contributed by atoms with E-state index in [1.807, 2.05) is 12.4 Å². The number of aliphatic imine (C=N–C) groups is 2. The number of piperazine rings is 1. The monoisotopic (exact) mass is 407 g/mol. The highest BCUT2D eigenvalue weighted by molar-refractivity contribution is 7.88. The predicted molar refractivity (Wildman–Crippen MR) is 107 cm³/mol. The van der Waals surface area contributed by atoms with E-state index < -0.39 is 10.0 Å². The van der Waals surface area contributed by atoms with Crippen molar-refractivity contribution in [3.63, 3.8) is 0 Å². The van der Waals surface area contributed by atoms with Crippen LogP contribution in [0.3, 0.4) is 0 Å². The molecular weight excluding hydrogens is 386 g/mol. The van der Waals surface area contributed by atoms with Crippen LogP contribution in [0.2, 0.25) is 5.02 Å². The summed E-state index contributed by atoms with van der Waals surface area (Å²) in [4.78, 5) is 13.2. The fourth-order valence-corrected chi connectivity index (χ4v) is 5.20. The molecule has 3 aliphatic rings. The molecule has 144 valence electrons. The van der Waals surface area contributed by atoms with E-state index in [0.29, 0.717) is 42.8 Å².